The van der Waals surface area contributed by atoms with Gasteiger partial charge in [-0.05, 0) is 35.1 Å². The van der Waals surface area contributed by atoms with Gasteiger partial charge in [0.05, 0.1) is 5.92 Å². The van der Waals surface area contributed by atoms with E-state index in [1.165, 1.54) is 11.1 Å². The van der Waals surface area contributed by atoms with Crippen molar-refractivity contribution in [3.05, 3.63) is 82.4 Å². The molecule has 0 heterocycles. The van der Waals surface area contributed by atoms with E-state index in [1.807, 2.05) is 48.5 Å². The van der Waals surface area contributed by atoms with Gasteiger partial charge in [-0.1, -0.05) is 60.1 Å². The monoisotopic (exact) mass is 292 g/mol. The van der Waals surface area contributed by atoms with Crippen LogP contribution in [-0.4, -0.2) is 5.78 Å². The predicted octanol–water partition coefficient (Wildman–Crippen LogP) is 5.02. The standard InChI is InChI=1S/C19H13ClO/c20-18-10-9-16(14-7-3-4-8-15(14)18)19(21)17-11-12-5-1-2-6-13(12)17/h1-10,17H,11H2. The lowest BCUT2D eigenvalue weighted by Crippen LogP contribution is -2.25. The van der Waals surface area contributed by atoms with Crippen LogP contribution in [0.4, 0.5) is 0 Å². The number of fused-ring (bicyclic) bond motifs is 2. The van der Waals surface area contributed by atoms with Crippen molar-refractivity contribution in [3.8, 4) is 0 Å². The second-order valence-corrected chi connectivity index (χ2v) is 5.87. The third kappa shape index (κ3) is 1.89. The van der Waals surface area contributed by atoms with E-state index in [1.54, 1.807) is 0 Å². The number of hydrogen-bond acceptors (Lipinski definition) is 1. The second-order valence-electron chi connectivity index (χ2n) is 5.46. The predicted molar refractivity (Wildman–Crippen MR) is 86.2 cm³/mol. The molecule has 0 amide bonds. The zero-order valence-corrected chi connectivity index (χ0v) is 12.1. The maximum atomic E-state index is 12.9. The van der Waals surface area contributed by atoms with Crippen LogP contribution in [0.25, 0.3) is 10.8 Å². The first kappa shape index (κ1) is 12.6. The van der Waals surface area contributed by atoms with Crippen molar-refractivity contribution < 1.29 is 4.79 Å². The van der Waals surface area contributed by atoms with Crippen LogP contribution in [0.5, 0.6) is 0 Å². The summed E-state index contributed by atoms with van der Waals surface area (Å²) in [6, 6.07) is 19.7. The fourth-order valence-electron chi connectivity index (χ4n) is 3.16. The van der Waals surface area contributed by atoms with Crippen molar-refractivity contribution >= 4 is 28.2 Å². The Labute approximate surface area is 128 Å². The van der Waals surface area contributed by atoms with E-state index in [2.05, 4.69) is 12.1 Å². The molecule has 0 radical (unpaired) electrons. The van der Waals surface area contributed by atoms with Crippen LogP contribution in [0.15, 0.2) is 60.7 Å². The van der Waals surface area contributed by atoms with Crippen LogP contribution >= 0.6 is 11.6 Å². The Morgan fingerprint density at radius 3 is 2.43 bits per heavy atom. The van der Waals surface area contributed by atoms with Crippen molar-refractivity contribution in [2.75, 3.05) is 0 Å². The highest BCUT2D eigenvalue weighted by Gasteiger charge is 2.32. The molecule has 0 aromatic heterocycles. The minimum atomic E-state index is -0.00854. The Morgan fingerprint density at radius 1 is 0.905 bits per heavy atom. The van der Waals surface area contributed by atoms with E-state index in [0.717, 1.165) is 22.8 Å². The van der Waals surface area contributed by atoms with E-state index < -0.39 is 0 Å². The number of Topliss-reactive ketones (excluding diaryl/α,β-unsaturated/α-hetero) is 1. The summed E-state index contributed by atoms with van der Waals surface area (Å²) < 4.78 is 0. The third-order valence-corrected chi connectivity index (χ3v) is 4.64. The number of halogens is 1. The molecule has 1 nitrogen and oxygen atoms in total. The van der Waals surface area contributed by atoms with Gasteiger partial charge in [-0.2, -0.15) is 0 Å². The van der Waals surface area contributed by atoms with Crippen LogP contribution in [-0.2, 0) is 6.42 Å². The summed E-state index contributed by atoms with van der Waals surface area (Å²) in [6.07, 6.45) is 0.839. The summed E-state index contributed by atoms with van der Waals surface area (Å²) in [5.41, 5.74) is 3.23. The first-order chi connectivity index (χ1) is 10.3. The zero-order valence-electron chi connectivity index (χ0n) is 11.3. The number of carbonyl (C=O) groups excluding carboxylic acids is 1. The summed E-state index contributed by atoms with van der Waals surface area (Å²) >= 11 is 6.23. The van der Waals surface area contributed by atoms with Gasteiger partial charge in [0, 0.05) is 16.0 Å². The molecular weight excluding hydrogens is 280 g/mol. The SMILES string of the molecule is O=C(c1ccc(Cl)c2ccccc12)C1Cc2ccccc21. The number of benzene rings is 3. The van der Waals surface area contributed by atoms with Crippen LogP contribution in [0.3, 0.4) is 0 Å². The highest BCUT2D eigenvalue weighted by molar-refractivity contribution is 6.36. The van der Waals surface area contributed by atoms with Crippen molar-refractivity contribution in [2.45, 2.75) is 12.3 Å². The first-order valence-corrected chi connectivity index (χ1v) is 7.43. The lowest BCUT2D eigenvalue weighted by Gasteiger charge is -2.29. The Kier molecular flexibility index (Phi) is 2.83. The lowest BCUT2D eigenvalue weighted by atomic mass is 9.73. The molecule has 0 fully saturated rings. The van der Waals surface area contributed by atoms with E-state index in [-0.39, 0.29) is 11.7 Å². The molecule has 3 aromatic carbocycles. The summed E-state index contributed by atoms with van der Waals surface area (Å²) in [7, 11) is 0. The van der Waals surface area contributed by atoms with Crippen LogP contribution in [0.2, 0.25) is 5.02 Å². The van der Waals surface area contributed by atoms with Gasteiger partial charge in [-0.15, -0.1) is 0 Å². The topological polar surface area (TPSA) is 17.1 Å². The van der Waals surface area contributed by atoms with Gasteiger partial charge in [-0.3, -0.25) is 4.79 Å². The van der Waals surface area contributed by atoms with Crippen LogP contribution in [0.1, 0.15) is 27.4 Å². The second kappa shape index (κ2) is 4.71. The van der Waals surface area contributed by atoms with E-state index >= 15 is 0 Å². The highest BCUT2D eigenvalue weighted by Crippen LogP contribution is 2.39. The molecule has 4 rings (SSSR count). The number of carbonyl (C=O) groups is 1. The minimum Gasteiger partial charge on any atom is -0.293 e. The number of rotatable bonds is 2. The largest absolute Gasteiger partial charge is 0.293 e. The van der Waals surface area contributed by atoms with Gasteiger partial charge in [0.1, 0.15) is 0 Å². The molecule has 0 spiro atoms. The highest BCUT2D eigenvalue weighted by atomic mass is 35.5. The lowest BCUT2D eigenvalue weighted by molar-refractivity contribution is 0.0950. The molecule has 1 aliphatic rings. The molecule has 1 atom stereocenters. The van der Waals surface area contributed by atoms with Gasteiger partial charge in [0.25, 0.3) is 0 Å². The number of ketones is 1. The van der Waals surface area contributed by atoms with Crippen LogP contribution < -0.4 is 0 Å². The van der Waals surface area contributed by atoms with Crippen molar-refractivity contribution in [1.29, 1.82) is 0 Å². The first-order valence-electron chi connectivity index (χ1n) is 7.05. The molecular formula is C19H13ClO. The summed E-state index contributed by atoms with van der Waals surface area (Å²) in [6.45, 7) is 0. The average Bonchev–Trinajstić information content (AvgIpc) is 2.49. The van der Waals surface area contributed by atoms with E-state index in [0.29, 0.717) is 5.02 Å². The molecule has 21 heavy (non-hydrogen) atoms. The Hall–Kier alpha value is -2.12. The fraction of sp³-hybridized carbons (Fsp3) is 0.105. The molecule has 1 unspecified atom stereocenters. The Morgan fingerprint density at radius 2 is 1.62 bits per heavy atom. The minimum absolute atomic E-state index is 0.00854. The molecule has 3 aromatic rings. The van der Waals surface area contributed by atoms with E-state index in [9.17, 15) is 4.79 Å². The molecule has 0 saturated heterocycles. The van der Waals surface area contributed by atoms with Gasteiger partial charge >= 0.3 is 0 Å². The molecule has 0 saturated carbocycles. The maximum absolute atomic E-state index is 12.9. The molecule has 0 N–H and O–H groups in total. The molecule has 0 bridgehead atoms. The smallest absolute Gasteiger partial charge is 0.171 e. The summed E-state index contributed by atoms with van der Waals surface area (Å²) in [5, 5.41) is 2.58. The Bertz CT molecular complexity index is 866. The third-order valence-electron chi connectivity index (χ3n) is 4.31. The molecule has 2 heteroatoms. The zero-order chi connectivity index (χ0) is 14.4. The van der Waals surface area contributed by atoms with Gasteiger partial charge < -0.3 is 0 Å². The van der Waals surface area contributed by atoms with Gasteiger partial charge in [0.15, 0.2) is 5.78 Å². The maximum Gasteiger partial charge on any atom is 0.171 e. The summed E-state index contributed by atoms with van der Waals surface area (Å²) in [5.74, 6) is 0.187. The van der Waals surface area contributed by atoms with E-state index in [4.69, 9.17) is 11.6 Å². The van der Waals surface area contributed by atoms with Crippen molar-refractivity contribution in [2.24, 2.45) is 0 Å². The van der Waals surface area contributed by atoms with Crippen molar-refractivity contribution in [1.82, 2.24) is 0 Å². The van der Waals surface area contributed by atoms with Gasteiger partial charge in [-0.25, -0.2) is 0 Å². The molecule has 0 aliphatic heterocycles. The molecule has 1 aliphatic carbocycles. The molecule has 102 valence electrons. The summed E-state index contributed by atoms with van der Waals surface area (Å²) in [4.78, 5) is 12.9. The normalized spacial score (nSPS) is 16.3. The van der Waals surface area contributed by atoms with Gasteiger partial charge in [0.2, 0.25) is 0 Å². The quantitative estimate of drug-likeness (QED) is 0.606. The fourth-order valence-corrected chi connectivity index (χ4v) is 3.39. The Balaban J connectivity index is 1.82. The average molecular weight is 293 g/mol. The number of hydrogen-bond donors (Lipinski definition) is 0. The van der Waals surface area contributed by atoms with Crippen LogP contribution in [0, 0.1) is 0 Å². The van der Waals surface area contributed by atoms with Crippen molar-refractivity contribution in [3.63, 3.8) is 0 Å².